The van der Waals surface area contributed by atoms with Gasteiger partial charge in [-0.05, 0) is 43.0 Å². The Morgan fingerprint density at radius 1 is 1.06 bits per heavy atom. The monoisotopic (exact) mass is 242 g/mol. The van der Waals surface area contributed by atoms with Crippen LogP contribution in [0.5, 0.6) is 0 Å². The quantitative estimate of drug-likeness (QED) is 0.638. The lowest BCUT2D eigenvalue weighted by Gasteiger charge is -2.19. The molecule has 0 fully saturated rings. The van der Waals surface area contributed by atoms with Crippen LogP contribution in [-0.4, -0.2) is 9.97 Å². The smallest absolute Gasteiger partial charge is 0.0899 e. The van der Waals surface area contributed by atoms with Crippen molar-refractivity contribution in [3.05, 3.63) is 58.7 Å². The highest BCUT2D eigenvalue weighted by Crippen LogP contribution is 2.25. The molecule has 1 heterocycles. The number of aryl methyl sites for hydroxylation is 3. The van der Waals surface area contributed by atoms with Crippen molar-refractivity contribution < 1.29 is 0 Å². The van der Waals surface area contributed by atoms with Gasteiger partial charge >= 0.3 is 0 Å². The number of hydrazine groups is 1. The van der Waals surface area contributed by atoms with E-state index in [9.17, 15) is 0 Å². The van der Waals surface area contributed by atoms with Crippen LogP contribution in [-0.2, 0) is 0 Å². The molecule has 1 atom stereocenters. The van der Waals surface area contributed by atoms with E-state index in [2.05, 4.69) is 48.3 Å². The molecule has 4 nitrogen and oxygen atoms in total. The molecule has 0 aliphatic carbocycles. The summed E-state index contributed by atoms with van der Waals surface area (Å²) < 4.78 is 0. The zero-order chi connectivity index (χ0) is 13.1. The lowest BCUT2D eigenvalue weighted by molar-refractivity contribution is 0.614. The van der Waals surface area contributed by atoms with Gasteiger partial charge in [-0.25, -0.2) is 5.43 Å². The van der Waals surface area contributed by atoms with Gasteiger partial charge in [-0.3, -0.25) is 15.8 Å². The van der Waals surface area contributed by atoms with Crippen LogP contribution in [0.15, 0.2) is 30.7 Å². The molecule has 0 radical (unpaired) electrons. The van der Waals surface area contributed by atoms with Gasteiger partial charge in [-0.1, -0.05) is 12.1 Å². The minimum atomic E-state index is -0.127. The molecule has 0 aliphatic heterocycles. The summed E-state index contributed by atoms with van der Waals surface area (Å²) in [5, 5.41) is 0. The molecule has 1 aromatic carbocycles. The Kier molecular flexibility index (Phi) is 3.69. The molecule has 3 N–H and O–H groups in total. The number of nitrogens with two attached hydrogens (primary N) is 1. The van der Waals surface area contributed by atoms with Crippen LogP contribution in [0, 0.1) is 20.8 Å². The van der Waals surface area contributed by atoms with E-state index in [1.54, 1.807) is 18.6 Å². The van der Waals surface area contributed by atoms with Crippen LogP contribution in [0.2, 0.25) is 0 Å². The van der Waals surface area contributed by atoms with Crippen molar-refractivity contribution in [2.24, 2.45) is 5.84 Å². The standard InChI is InChI=1S/C14H18N4/c1-9-6-11(3)12(7-10(9)2)14(18-15)13-8-16-4-5-17-13/h4-8,14,18H,15H2,1-3H3. The number of benzene rings is 1. The normalized spacial score (nSPS) is 12.4. The van der Waals surface area contributed by atoms with Gasteiger partial charge in [-0.2, -0.15) is 0 Å². The Bertz CT molecular complexity index is 537. The predicted molar refractivity (Wildman–Crippen MR) is 71.9 cm³/mol. The molecule has 18 heavy (non-hydrogen) atoms. The molecule has 94 valence electrons. The highest BCUT2D eigenvalue weighted by Gasteiger charge is 2.16. The highest BCUT2D eigenvalue weighted by molar-refractivity contribution is 5.40. The third kappa shape index (κ3) is 2.39. The molecule has 0 saturated carbocycles. The molecule has 2 rings (SSSR count). The molecule has 0 bridgehead atoms. The Labute approximate surface area is 107 Å². The third-order valence-corrected chi connectivity index (χ3v) is 3.24. The van der Waals surface area contributed by atoms with E-state index >= 15 is 0 Å². The largest absolute Gasteiger partial charge is 0.271 e. The van der Waals surface area contributed by atoms with Crippen molar-refractivity contribution in [3.8, 4) is 0 Å². The van der Waals surface area contributed by atoms with E-state index in [0.29, 0.717) is 0 Å². The number of rotatable bonds is 3. The zero-order valence-electron chi connectivity index (χ0n) is 10.9. The molecule has 0 saturated heterocycles. The van der Waals surface area contributed by atoms with Gasteiger partial charge in [-0.15, -0.1) is 0 Å². The van der Waals surface area contributed by atoms with Crippen LogP contribution in [0.3, 0.4) is 0 Å². The second-order valence-electron chi connectivity index (χ2n) is 4.52. The lowest BCUT2D eigenvalue weighted by atomic mass is 9.94. The summed E-state index contributed by atoms with van der Waals surface area (Å²) in [5.74, 6) is 5.68. The van der Waals surface area contributed by atoms with E-state index in [4.69, 9.17) is 5.84 Å². The molecule has 1 aromatic heterocycles. The van der Waals surface area contributed by atoms with Gasteiger partial charge in [0.05, 0.1) is 17.9 Å². The SMILES string of the molecule is Cc1cc(C)c(C(NN)c2cnccn2)cc1C. The van der Waals surface area contributed by atoms with Crippen molar-refractivity contribution in [1.29, 1.82) is 0 Å². The van der Waals surface area contributed by atoms with Gasteiger partial charge in [0.15, 0.2) is 0 Å². The number of aromatic nitrogens is 2. The van der Waals surface area contributed by atoms with Gasteiger partial charge < -0.3 is 0 Å². The summed E-state index contributed by atoms with van der Waals surface area (Å²) in [7, 11) is 0. The number of nitrogens with one attached hydrogen (secondary N) is 1. The number of hydrogen-bond acceptors (Lipinski definition) is 4. The average molecular weight is 242 g/mol. The van der Waals surface area contributed by atoms with Crippen LogP contribution in [0.25, 0.3) is 0 Å². The van der Waals surface area contributed by atoms with Gasteiger partial charge in [0.25, 0.3) is 0 Å². The summed E-state index contributed by atoms with van der Waals surface area (Å²) in [6, 6.07) is 4.20. The maximum atomic E-state index is 5.68. The maximum Gasteiger partial charge on any atom is 0.0899 e. The van der Waals surface area contributed by atoms with Crippen molar-refractivity contribution in [2.75, 3.05) is 0 Å². The molecule has 0 amide bonds. The minimum absolute atomic E-state index is 0.127. The van der Waals surface area contributed by atoms with E-state index in [1.807, 2.05) is 0 Å². The molecule has 4 heteroatoms. The predicted octanol–water partition coefficient (Wildman–Crippen LogP) is 1.95. The third-order valence-electron chi connectivity index (χ3n) is 3.24. The first kappa shape index (κ1) is 12.7. The molecule has 2 aromatic rings. The van der Waals surface area contributed by atoms with Gasteiger partial charge in [0.1, 0.15) is 0 Å². The minimum Gasteiger partial charge on any atom is -0.271 e. The van der Waals surface area contributed by atoms with E-state index in [0.717, 1.165) is 11.3 Å². The summed E-state index contributed by atoms with van der Waals surface area (Å²) in [6.45, 7) is 6.30. The number of nitrogens with zero attached hydrogens (tertiary/aromatic N) is 2. The molecule has 1 unspecified atom stereocenters. The fourth-order valence-electron chi connectivity index (χ4n) is 2.09. The molecular weight excluding hydrogens is 224 g/mol. The first-order chi connectivity index (χ1) is 8.63. The first-order valence-corrected chi connectivity index (χ1v) is 5.93. The fourth-order valence-corrected chi connectivity index (χ4v) is 2.09. The van der Waals surface area contributed by atoms with Crippen molar-refractivity contribution >= 4 is 0 Å². The first-order valence-electron chi connectivity index (χ1n) is 5.93. The van der Waals surface area contributed by atoms with Crippen LogP contribution < -0.4 is 11.3 Å². The Morgan fingerprint density at radius 2 is 1.78 bits per heavy atom. The van der Waals surface area contributed by atoms with E-state index in [1.165, 1.54) is 16.7 Å². The Balaban J connectivity index is 2.49. The van der Waals surface area contributed by atoms with Crippen molar-refractivity contribution in [2.45, 2.75) is 26.8 Å². The molecule has 0 aliphatic rings. The second kappa shape index (κ2) is 5.25. The van der Waals surface area contributed by atoms with Crippen LogP contribution >= 0.6 is 0 Å². The molecular formula is C14H18N4. The van der Waals surface area contributed by atoms with Crippen LogP contribution in [0.4, 0.5) is 0 Å². The van der Waals surface area contributed by atoms with Crippen molar-refractivity contribution in [1.82, 2.24) is 15.4 Å². The number of hydrogen-bond donors (Lipinski definition) is 2. The highest BCUT2D eigenvalue weighted by atomic mass is 15.2. The van der Waals surface area contributed by atoms with E-state index < -0.39 is 0 Å². The van der Waals surface area contributed by atoms with E-state index in [-0.39, 0.29) is 6.04 Å². The summed E-state index contributed by atoms with van der Waals surface area (Å²) in [4.78, 5) is 8.41. The van der Waals surface area contributed by atoms with Crippen molar-refractivity contribution in [3.63, 3.8) is 0 Å². The summed E-state index contributed by atoms with van der Waals surface area (Å²) in [6.07, 6.45) is 5.07. The maximum absolute atomic E-state index is 5.68. The lowest BCUT2D eigenvalue weighted by Crippen LogP contribution is -2.30. The Morgan fingerprint density at radius 3 is 2.39 bits per heavy atom. The fraction of sp³-hybridized carbons (Fsp3) is 0.286. The average Bonchev–Trinajstić information content (AvgIpc) is 2.38. The Hall–Kier alpha value is -1.78. The summed E-state index contributed by atoms with van der Waals surface area (Å²) in [5.41, 5.74) is 8.52. The second-order valence-corrected chi connectivity index (χ2v) is 4.52. The zero-order valence-corrected chi connectivity index (χ0v) is 10.9. The van der Waals surface area contributed by atoms with Crippen LogP contribution in [0.1, 0.15) is 34.0 Å². The van der Waals surface area contributed by atoms with Gasteiger partial charge in [0.2, 0.25) is 0 Å². The topological polar surface area (TPSA) is 63.8 Å². The molecule has 0 spiro atoms. The summed E-state index contributed by atoms with van der Waals surface area (Å²) >= 11 is 0. The van der Waals surface area contributed by atoms with Gasteiger partial charge in [0, 0.05) is 12.4 Å².